The summed E-state index contributed by atoms with van der Waals surface area (Å²) in [6.07, 6.45) is 6.79. The number of fused-ring (bicyclic) bond motifs is 1. The number of nitrogens with zero attached hydrogens (tertiary/aromatic N) is 4. The van der Waals surface area contributed by atoms with Crippen LogP contribution >= 0.6 is 0 Å². The number of carbonyl (C=O) groups is 1. The van der Waals surface area contributed by atoms with E-state index in [1.807, 2.05) is 6.92 Å². The van der Waals surface area contributed by atoms with E-state index in [1.165, 1.54) is 23.8 Å². The second-order valence-corrected chi connectivity index (χ2v) is 11.7. The third-order valence-electron chi connectivity index (χ3n) is 7.99. The highest BCUT2D eigenvalue weighted by atomic mass is 32.2. The second kappa shape index (κ2) is 8.96. The van der Waals surface area contributed by atoms with Crippen molar-refractivity contribution in [2.75, 3.05) is 26.8 Å². The fourth-order valence-corrected chi connectivity index (χ4v) is 7.41. The molecule has 0 spiro atoms. The SMILES string of the molecule is COC(=O)N1[C@H](CO[C@@H]2CCC3(c4ncc(F)cn4)CC3C2)[C@H](NS(=O)(=O)N2CCC2)C[C@@H]1C. The van der Waals surface area contributed by atoms with Crippen molar-refractivity contribution in [3.8, 4) is 0 Å². The Hall–Kier alpha value is -1.89. The minimum absolute atomic E-state index is 0.00381. The van der Waals surface area contributed by atoms with Gasteiger partial charge in [-0.15, -0.1) is 0 Å². The summed E-state index contributed by atoms with van der Waals surface area (Å²) in [6.45, 7) is 3.15. The van der Waals surface area contributed by atoms with Crippen molar-refractivity contribution in [1.82, 2.24) is 23.9 Å². The van der Waals surface area contributed by atoms with Crippen LogP contribution in [0.25, 0.3) is 0 Å². The highest BCUT2D eigenvalue weighted by molar-refractivity contribution is 7.87. The number of hydrogen-bond acceptors (Lipinski definition) is 7. The lowest BCUT2D eigenvalue weighted by atomic mass is 9.86. The van der Waals surface area contributed by atoms with Crippen molar-refractivity contribution >= 4 is 16.3 Å². The third-order valence-corrected chi connectivity index (χ3v) is 9.64. The van der Waals surface area contributed by atoms with Crippen molar-refractivity contribution < 1.29 is 27.1 Å². The quantitative estimate of drug-likeness (QED) is 0.608. The Kier molecular flexibility index (Phi) is 6.28. The molecule has 0 radical (unpaired) electrons. The summed E-state index contributed by atoms with van der Waals surface area (Å²) in [5.41, 5.74) is -0.0805. The van der Waals surface area contributed by atoms with Crippen LogP contribution in [0.1, 0.15) is 51.3 Å². The van der Waals surface area contributed by atoms with Crippen LogP contribution in [0.15, 0.2) is 12.4 Å². The zero-order chi connectivity index (χ0) is 24.1. The van der Waals surface area contributed by atoms with Gasteiger partial charge in [0.1, 0.15) is 5.82 Å². The van der Waals surface area contributed by atoms with Gasteiger partial charge in [0, 0.05) is 30.6 Å². The zero-order valence-electron chi connectivity index (χ0n) is 19.5. The van der Waals surface area contributed by atoms with Crippen molar-refractivity contribution in [3.63, 3.8) is 0 Å². The van der Waals surface area contributed by atoms with E-state index < -0.39 is 34.2 Å². The molecule has 6 atom stereocenters. The molecular weight excluding hydrogens is 465 g/mol. The molecule has 2 saturated heterocycles. The fraction of sp³-hybridized carbons (Fsp3) is 0.773. The highest BCUT2D eigenvalue weighted by Gasteiger charge is 2.60. The van der Waals surface area contributed by atoms with Crippen LogP contribution in [0.5, 0.6) is 0 Å². The summed E-state index contributed by atoms with van der Waals surface area (Å²) in [4.78, 5) is 22.5. The summed E-state index contributed by atoms with van der Waals surface area (Å²) in [5, 5.41) is 0. The number of carbonyl (C=O) groups excluding carboxylic acids is 1. The summed E-state index contributed by atoms with van der Waals surface area (Å²) in [7, 11) is -2.27. The topological polar surface area (TPSA) is 114 Å². The maximum Gasteiger partial charge on any atom is 0.410 e. The number of rotatable bonds is 7. The number of methoxy groups -OCH3 is 1. The molecular formula is C22H32FN5O5S. The molecule has 10 nitrogen and oxygen atoms in total. The Morgan fingerprint density at radius 3 is 2.65 bits per heavy atom. The van der Waals surface area contributed by atoms with Gasteiger partial charge in [-0.25, -0.2) is 19.2 Å². The average Bonchev–Trinajstić information content (AvgIpc) is 3.41. The van der Waals surface area contributed by atoms with Crippen LogP contribution in [-0.4, -0.2) is 84.7 Å². The van der Waals surface area contributed by atoms with E-state index in [-0.39, 0.29) is 24.2 Å². The molecule has 1 aromatic rings. The van der Waals surface area contributed by atoms with Gasteiger partial charge in [-0.3, -0.25) is 4.90 Å². The lowest BCUT2D eigenvalue weighted by Crippen LogP contribution is -2.55. The van der Waals surface area contributed by atoms with Gasteiger partial charge in [0.05, 0.1) is 38.3 Å². The smallest absolute Gasteiger partial charge is 0.410 e. The second-order valence-electron chi connectivity index (χ2n) is 10.0. The lowest BCUT2D eigenvalue weighted by molar-refractivity contribution is -0.0104. The molecule has 12 heteroatoms. The zero-order valence-corrected chi connectivity index (χ0v) is 20.3. The van der Waals surface area contributed by atoms with Gasteiger partial charge in [-0.2, -0.15) is 17.4 Å². The number of amides is 1. The molecule has 1 aromatic heterocycles. The molecule has 2 aliphatic heterocycles. The summed E-state index contributed by atoms with van der Waals surface area (Å²) >= 11 is 0. The molecule has 0 bridgehead atoms. The molecule has 34 heavy (non-hydrogen) atoms. The van der Waals surface area contributed by atoms with Crippen LogP contribution in [0, 0.1) is 11.7 Å². The van der Waals surface area contributed by atoms with Crippen LogP contribution in [-0.2, 0) is 25.1 Å². The number of ether oxygens (including phenoxy) is 2. The fourth-order valence-electron chi connectivity index (χ4n) is 5.89. The van der Waals surface area contributed by atoms with Crippen molar-refractivity contribution in [1.29, 1.82) is 0 Å². The molecule has 4 aliphatic rings. The Balaban J connectivity index is 1.23. The molecule has 1 N–H and O–H groups in total. The van der Waals surface area contributed by atoms with Gasteiger partial charge in [-0.05, 0) is 51.4 Å². The van der Waals surface area contributed by atoms with E-state index in [1.54, 1.807) is 4.90 Å². The Morgan fingerprint density at radius 2 is 2.03 bits per heavy atom. The van der Waals surface area contributed by atoms with E-state index in [0.717, 1.165) is 32.1 Å². The van der Waals surface area contributed by atoms with Gasteiger partial charge in [0.25, 0.3) is 10.2 Å². The van der Waals surface area contributed by atoms with Crippen molar-refractivity contribution in [3.05, 3.63) is 24.0 Å². The number of halogens is 1. The van der Waals surface area contributed by atoms with E-state index >= 15 is 0 Å². The number of hydrogen-bond donors (Lipinski definition) is 1. The summed E-state index contributed by atoms with van der Waals surface area (Å²) in [5.74, 6) is 0.658. The lowest BCUT2D eigenvalue weighted by Gasteiger charge is -2.34. The van der Waals surface area contributed by atoms with Crippen molar-refractivity contribution in [2.24, 2.45) is 5.92 Å². The minimum Gasteiger partial charge on any atom is -0.453 e. The largest absolute Gasteiger partial charge is 0.453 e. The number of aromatic nitrogens is 2. The Morgan fingerprint density at radius 1 is 1.29 bits per heavy atom. The van der Waals surface area contributed by atoms with Gasteiger partial charge in [0.15, 0.2) is 5.82 Å². The first-order valence-corrected chi connectivity index (χ1v) is 13.4. The Bertz CT molecular complexity index is 1020. The highest BCUT2D eigenvalue weighted by Crippen LogP contribution is 2.61. The molecule has 2 saturated carbocycles. The normalized spacial score (nSPS) is 35.5. The molecule has 2 unspecified atom stereocenters. The van der Waals surface area contributed by atoms with Gasteiger partial charge >= 0.3 is 6.09 Å². The van der Waals surface area contributed by atoms with Crippen LogP contribution in [0.2, 0.25) is 0 Å². The standard InChI is InChI=1S/C22H32FN5O5S/c1-14-8-18(26-34(30,31)27-6-3-7-27)19(28(14)21(29)32-2)13-33-17-4-5-22(10-15(22)9-17)20-24-11-16(23)12-25-20/h11-12,14-15,17-19,26H,3-10,13H2,1-2H3/t14-,15?,17+,18+,19+,22?/m0/s1. The minimum atomic E-state index is -3.60. The maximum absolute atomic E-state index is 13.2. The van der Waals surface area contributed by atoms with Crippen LogP contribution in [0.4, 0.5) is 9.18 Å². The molecule has 4 fully saturated rings. The summed E-state index contributed by atoms with van der Waals surface area (Å²) < 4.78 is 54.1. The Labute approximate surface area is 199 Å². The molecule has 188 valence electrons. The monoisotopic (exact) mass is 497 g/mol. The van der Waals surface area contributed by atoms with Crippen LogP contribution < -0.4 is 4.72 Å². The van der Waals surface area contributed by atoms with E-state index in [0.29, 0.717) is 31.3 Å². The van der Waals surface area contributed by atoms with Gasteiger partial charge < -0.3 is 9.47 Å². The third kappa shape index (κ3) is 4.29. The van der Waals surface area contributed by atoms with E-state index in [2.05, 4.69) is 14.7 Å². The average molecular weight is 498 g/mol. The predicted octanol–water partition coefficient (Wildman–Crippen LogP) is 1.58. The predicted molar refractivity (Wildman–Crippen MR) is 120 cm³/mol. The summed E-state index contributed by atoms with van der Waals surface area (Å²) in [6, 6.07) is -1.08. The molecule has 1 amide bonds. The van der Waals surface area contributed by atoms with E-state index in [4.69, 9.17) is 9.47 Å². The van der Waals surface area contributed by atoms with Crippen molar-refractivity contribution in [2.45, 2.75) is 75.1 Å². The van der Waals surface area contributed by atoms with E-state index in [9.17, 15) is 17.6 Å². The van der Waals surface area contributed by atoms with Crippen LogP contribution in [0.3, 0.4) is 0 Å². The maximum atomic E-state index is 13.2. The molecule has 3 heterocycles. The molecule has 0 aromatic carbocycles. The first-order valence-electron chi connectivity index (χ1n) is 12.0. The molecule has 5 rings (SSSR count). The van der Waals surface area contributed by atoms with Gasteiger partial charge in [0.2, 0.25) is 0 Å². The first-order chi connectivity index (χ1) is 16.2. The first kappa shape index (κ1) is 23.8. The molecule has 2 aliphatic carbocycles. The number of likely N-dealkylation sites (tertiary alicyclic amines) is 1. The number of nitrogens with one attached hydrogen (secondary N) is 1. The van der Waals surface area contributed by atoms with Gasteiger partial charge in [-0.1, -0.05) is 0 Å².